The normalized spacial score (nSPS) is 11.5. The number of hydrogen-bond donors (Lipinski definition) is 0. The number of rotatable bonds is 6. The molecule has 0 radical (unpaired) electrons. The summed E-state index contributed by atoms with van der Waals surface area (Å²) < 4.78 is 35.4. The molecular formula is C12H14ClFO3S. The summed E-state index contributed by atoms with van der Waals surface area (Å²) in [6, 6.07) is 3.73. The van der Waals surface area contributed by atoms with Crippen LogP contribution in [0.3, 0.4) is 0 Å². The van der Waals surface area contributed by atoms with Gasteiger partial charge in [-0.3, -0.25) is 4.79 Å². The van der Waals surface area contributed by atoms with Crippen LogP contribution in [0.1, 0.15) is 30.1 Å². The van der Waals surface area contributed by atoms with Gasteiger partial charge in [0.1, 0.15) is 15.7 Å². The summed E-state index contributed by atoms with van der Waals surface area (Å²) in [5.74, 6) is -0.752. The van der Waals surface area contributed by atoms with Crippen LogP contribution in [0.15, 0.2) is 18.2 Å². The molecule has 100 valence electrons. The fraction of sp³-hybridized carbons (Fsp3) is 0.417. The Balaban J connectivity index is 2.58. The molecule has 0 bridgehead atoms. The van der Waals surface area contributed by atoms with E-state index in [-0.39, 0.29) is 35.2 Å². The van der Waals surface area contributed by atoms with Crippen molar-refractivity contribution in [2.45, 2.75) is 19.8 Å². The Labute approximate surface area is 111 Å². The second-order valence-electron chi connectivity index (χ2n) is 3.89. The van der Waals surface area contributed by atoms with Crippen LogP contribution in [0.2, 0.25) is 5.02 Å². The largest absolute Gasteiger partial charge is 0.294 e. The van der Waals surface area contributed by atoms with Crippen molar-refractivity contribution in [2.24, 2.45) is 0 Å². The summed E-state index contributed by atoms with van der Waals surface area (Å²) in [5.41, 5.74) is 0.301. The van der Waals surface area contributed by atoms with Crippen molar-refractivity contribution in [3.05, 3.63) is 34.6 Å². The minimum Gasteiger partial charge on any atom is -0.294 e. The van der Waals surface area contributed by atoms with Crippen LogP contribution < -0.4 is 0 Å². The molecular weight excluding hydrogens is 279 g/mol. The predicted molar refractivity (Wildman–Crippen MR) is 69.3 cm³/mol. The molecule has 0 aliphatic rings. The monoisotopic (exact) mass is 292 g/mol. The van der Waals surface area contributed by atoms with Gasteiger partial charge in [-0.25, -0.2) is 12.8 Å². The van der Waals surface area contributed by atoms with Gasteiger partial charge in [-0.05, 0) is 24.6 Å². The van der Waals surface area contributed by atoms with Gasteiger partial charge in [0.05, 0.1) is 10.8 Å². The van der Waals surface area contributed by atoms with Gasteiger partial charge >= 0.3 is 0 Å². The maximum Gasteiger partial charge on any atom is 0.162 e. The van der Waals surface area contributed by atoms with Crippen LogP contribution in [0.4, 0.5) is 4.39 Å². The van der Waals surface area contributed by atoms with Crippen molar-refractivity contribution in [1.29, 1.82) is 0 Å². The lowest BCUT2D eigenvalue weighted by Crippen LogP contribution is -2.10. The van der Waals surface area contributed by atoms with Gasteiger partial charge in [-0.15, -0.1) is 0 Å². The average molecular weight is 293 g/mol. The Morgan fingerprint density at radius 1 is 1.39 bits per heavy atom. The molecule has 0 heterocycles. The van der Waals surface area contributed by atoms with E-state index in [9.17, 15) is 17.6 Å². The molecule has 0 aromatic heterocycles. The van der Waals surface area contributed by atoms with Gasteiger partial charge in [0.2, 0.25) is 0 Å². The summed E-state index contributed by atoms with van der Waals surface area (Å²) >= 11 is 5.56. The van der Waals surface area contributed by atoms with Crippen molar-refractivity contribution in [3.8, 4) is 0 Å². The first kappa shape index (κ1) is 15.1. The highest BCUT2D eigenvalue weighted by Gasteiger charge is 2.12. The summed E-state index contributed by atoms with van der Waals surface area (Å²) in [4.78, 5) is 11.7. The SMILES string of the molecule is CCS(=O)(=O)CCCC(=O)c1ccc(F)c(Cl)c1. The minimum absolute atomic E-state index is 0.00976. The summed E-state index contributed by atoms with van der Waals surface area (Å²) in [6.07, 6.45) is 0.380. The molecule has 1 rings (SSSR count). The van der Waals surface area contributed by atoms with Gasteiger partial charge in [-0.2, -0.15) is 0 Å². The third-order valence-corrected chi connectivity index (χ3v) is 4.62. The summed E-state index contributed by atoms with van der Waals surface area (Å²) in [7, 11) is -3.05. The molecule has 1 aromatic carbocycles. The highest BCUT2D eigenvalue weighted by molar-refractivity contribution is 7.91. The molecule has 1 aromatic rings. The molecule has 0 aliphatic heterocycles. The summed E-state index contributed by atoms with van der Waals surface area (Å²) in [6.45, 7) is 1.57. The number of carbonyl (C=O) groups is 1. The molecule has 0 unspecified atom stereocenters. The Kier molecular flexibility index (Phi) is 5.28. The molecule has 3 nitrogen and oxygen atoms in total. The number of hydrogen-bond acceptors (Lipinski definition) is 3. The lowest BCUT2D eigenvalue weighted by Gasteiger charge is -2.03. The van der Waals surface area contributed by atoms with Crippen LogP contribution in [0.5, 0.6) is 0 Å². The quantitative estimate of drug-likeness (QED) is 0.758. The number of benzene rings is 1. The maximum absolute atomic E-state index is 12.9. The van der Waals surface area contributed by atoms with Crippen LogP contribution in [0, 0.1) is 5.82 Å². The second kappa shape index (κ2) is 6.29. The van der Waals surface area contributed by atoms with Gasteiger partial charge in [0.15, 0.2) is 5.78 Å². The van der Waals surface area contributed by atoms with Crippen LogP contribution >= 0.6 is 11.6 Å². The van der Waals surface area contributed by atoms with E-state index in [0.717, 1.165) is 6.07 Å². The fourth-order valence-electron chi connectivity index (χ4n) is 1.41. The fourth-order valence-corrected chi connectivity index (χ4v) is 2.46. The minimum atomic E-state index is -3.05. The maximum atomic E-state index is 12.9. The van der Waals surface area contributed by atoms with Gasteiger partial charge in [0, 0.05) is 17.7 Å². The van der Waals surface area contributed by atoms with Crippen molar-refractivity contribution in [3.63, 3.8) is 0 Å². The topological polar surface area (TPSA) is 51.2 Å². The first-order chi connectivity index (χ1) is 8.35. The molecule has 0 amide bonds. The third kappa shape index (κ3) is 4.38. The Morgan fingerprint density at radius 2 is 2.06 bits per heavy atom. The second-order valence-corrected chi connectivity index (χ2v) is 6.77. The van der Waals surface area contributed by atoms with E-state index >= 15 is 0 Å². The van der Waals surface area contributed by atoms with Crippen molar-refractivity contribution in [2.75, 3.05) is 11.5 Å². The summed E-state index contributed by atoms with van der Waals surface area (Å²) in [5, 5.41) is -0.109. The lowest BCUT2D eigenvalue weighted by molar-refractivity contribution is 0.0982. The van der Waals surface area contributed by atoms with E-state index < -0.39 is 15.7 Å². The number of carbonyl (C=O) groups excluding carboxylic acids is 1. The zero-order chi connectivity index (χ0) is 13.8. The number of halogens is 2. The van der Waals surface area contributed by atoms with E-state index in [1.807, 2.05) is 0 Å². The molecule has 0 N–H and O–H groups in total. The van der Waals surface area contributed by atoms with E-state index in [1.165, 1.54) is 12.1 Å². The number of sulfone groups is 1. The molecule has 0 atom stereocenters. The average Bonchev–Trinajstić information content (AvgIpc) is 2.32. The molecule has 18 heavy (non-hydrogen) atoms. The molecule has 0 fully saturated rings. The zero-order valence-electron chi connectivity index (χ0n) is 9.95. The first-order valence-corrected chi connectivity index (χ1v) is 7.74. The van der Waals surface area contributed by atoms with E-state index in [0.29, 0.717) is 5.56 Å². The highest BCUT2D eigenvalue weighted by Crippen LogP contribution is 2.17. The highest BCUT2D eigenvalue weighted by atomic mass is 35.5. The Hall–Kier alpha value is -0.940. The Bertz CT molecular complexity index is 540. The molecule has 0 saturated heterocycles. The number of Topliss-reactive ketones (excluding diaryl/α,β-unsaturated/α-hetero) is 1. The predicted octanol–water partition coefficient (Wildman–Crippen LogP) is 2.88. The van der Waals surface area contributed by atoms with Crippen molar-refractivity contribution >= 4 is 27.2 Å². The lowest BCUT2D eigenvalue weighted by atomic mass is 10.1. The van der Waals surface area contributed by atoms with Crippen LogP contribution in [0.25, 0.3) is 0 Å². The number of ketones is 1. The Morgan fingerprint density at radius 3 is 2.61 bits per heavy atom. The molecule has 0 saturated carbocycles. The molecule has 0 spiro atoms. The molecule has 0 aliphatic carbocycles. The zero-order valence-corrected chi connectivity index (χ0v) is 11.5. The van der Waals surface area contributed by atoms with Crippen molar-refractivity contribution < 1.29 is 17.6 Å². The van der Waals surface area contributed by atoms with Gasteiger partial charge < -0.3 is 0 Å². The van der Waals surface area contributed by atoms with Gasteiger partial charge in [-0.1, -0.05) is 18.5 Å². The standard InChI is InChI=1S/C12H14ClFO3S/c1-2-18(16,17)7-3-4-12(15)9-5-6-11(14)10(13)8-9/h5-6,8H,2-4,7H2,1H3. The van der Waals surface area contributed by atoms with Crippen LogP contribution in [-0.4, -0.2) is 25.7 Å². The van der Waals surface area contributed by atoms with E-state index in [4.69, 9.17) is 11.6 Å². The smallest absolute Gasteiger partial charge is 0.162 e. The van der Waals surface area contributed by atoms with Crippen molar-refractivity contribution in [1.82, 2.24) is 0 Å². The van der Waals surface area contributed by atoms with E-state index in [1.54, 1.807) is 6.92 Å². The third-order valence-electron chi connectivity index (χ3n) is 2.54. The molecule has 6 heteroatoms. The van der Waals surface area contributed by atoms with Crippen LogP contribution in [-0.2, 0) is 9.84 Å². The van der Waals surface area contributed by atoms with E-state index in [2.05, 4.69) is 0 Å². The van der Waals surface area contributed by atoms with Gasteiger partial charge in [0.25, 0.3) is 0 Å². The first-order valence-electron chi connectivity index (χ1n) is 5.54.